The lowest BCUT2D eigenvalue weighted by molar-refractivity contribution is 0.486. The van der Waals surface area contributed by atoms with Crippen LogP contribution in [0.25, 0.3) is 0 Å². The fourth-order valence-electron chi connectivity index (χ4n) is 2.19. The van der Waals surface area contributed by atoms with Crippen molar-refractivity contribution >= 4 is 23.1 Å². The Labute approximate surface area is 101 Å². The Morgan fingerprint density at radius 2 is 2.27 bits per heavy atom. The van der Waals surface area contributed by atoms with Gasteiger partial charge in [0.15, 0.2) is 0 Å². The number of hydrogen-bond acceptors (Lipinski definition) is 3. The van der Waals surface area contributed by atoms with Crippen LogP contribution >= 0.6 is 23.1 Å². The molecule has 1 N–H and O–H groups in total. The molecule has 0 aromatic carbocycles. The van der Waals surface area contributed by atoms with Gasteiger partial charge in [-0.05, 0) is 44.6 Å². The van der Waals surface area contributed by atoms with Crippen LogP contribution in [0.1, 0.15) is 34.7 Å². The maximum absolute atomic E-state index is 3.74. The number of hydrogen-bond donors (Lipinski definition) is 1. The topological polar surface area (TPSA) is 12.0 Å². The first-order valence-corrected chi connectivity index (χ1v) is 7.54. The van der Waals surface area contributed by atoms with Gasteiger partial charge in [-0.25, -0.2) is 0 Å². The van der Waals surface area contributed by atoms with Crippen LogP contribution in [0.5, 0.6) is 0 Å². The molecule has 1 aromatic rings. The van der Waals surface area contributed by atoms with Gasteiger partial charge < -0.3 is 5.32 Å². The molecule has 84 valence electrons. The first-order valence-electron chi connectivity index (χ1n) is 5.57. The van der Waals surface area contributed by atoms with E-state index in [1.807, 2.05) is 11.3 Å². The minimum absolute atomic E-state index is 0.513. The zero-order valence-corrected chi connectivity index (χ0v) is 11.3. The normalized spacial score (nSPS) is 23.3. The van der Waals surface area contributed by atoms with Crippen molar-refractivity contribution in [3.8, 4) is 0 Å². The van der Waals surface area contributed by atoms with Crippen LogP contribution < -0.4 is 5.32 Å². The lowest BCUT2D eigenvalue weighted by Gasteiger charge is -2.18. The van der Waals surface area contributed by atoms with Crippen molar-refractivity contribution < 1.29 is 0 Å². The lowest BCUT2D eigenvalue weighted by Crippen LogP contribution is -2.31. The Morgan fingerprint density at radius 1 is 1.47 bits per heavy atom. The van der Waals surface area contributed by atoms with Crippen molar-refractivity contribution in [1.29, 1.82) is 0 Å². The molecule has 0 saturated carbocycles. The predicted octanol–water partition coefficient (Wildman–Crippen LogP) is 3.52. The summed E-state index contributed by atoms with van der Waals surface area (Å²) in [6, 6.07) is 3.57. The Kier molecular flexibility index (Phi) is 3.75. The number of rotatable bonds is 3. The second-order valence-electron chi connectivity index (χ2n) is 4.32. The second kappa shape index (κ2) is 4.89. The molecule has 3 heteroatoms. The van der Waals surface area contributed by atoms with E-state index < -0.39 is 0 Å². The van der Waals surface area contributed by atoms with E-state index in [-0.39, 0.29) is 0 Å². The third-order valence-electron chi connectivity index (χ3n) is 2.96. The van der Waals surface area contributed by atoms with E-state index in [0.29, 0.717) is 6.04 Å². The van der Waals surface area contributed by atoms with Gasteiger partial charge >= 0.3 is 0 Å². The molecule has 1 aliphatic heterocycles. The van der Waals surface area contributed by atoms with Crippen LogP contribution in [-0.4, -0.2) is 17.5 Å². The van der Waals surface area contributed by atoms with Crippen LogP contribution in [0.2, 0.25) is 0 Å². The van der Waals surface area contributed by atoms with Gasteiger partial charge in [-0.1, -0.05) is 0 Å². The molecule has 1 fully saturated rings. The van der Waals surface area contributed by atoms with Crippen LogP contribution in [0.4, 0.5) is 0 Å². The molecule has 1 saturated heterocycles. The summed E-state index contributed by atoms with van der Waals surface area (Å²) in [5, 5.41) is 3.74. The summed E-state index contributed by atoms with van der Waals surface area (Å²) in [7, 11) is 0. The molecule has 0 radical (unpaired) electrons. The van der Waals surface area contributed by atoms with E-state index >= 15 is 0 Å². The Balaban J connectivity index is 2.00. The molecule has 0 amide bonds. The average molecular weight is 241 g/mol. The van der Waals surface area contributed by atoms with E-state index in [1.54, 1.807) is 0 Å². The van der Waals surface area contributed by atoms with Gasteiger partial charge in [-0.3, -0.25) is 0 Å². The quantitative estimate of drug-likeness (QED) is 0.869. The average Bonchev–Trinajstić information content (AvgIpc) is 2.75. The zero-order valence-electron chi connectivity index (χ0n) is 9.67. The Hall–Kier alpha value is 0.01000. The molecular formula is C12H19NS2. The van der Waals surface area contributed by atoms with Gasteiger partial charge in [-0.2, -0.15) is 11.8 Å². The van der Waals surface area contributed by atoms with E-state index in [4.69, 9.17) is 0 Å². The van der Waals surface area contributed by atoms with Crippen LogP contribution in [0.15, 0.2) is 6.07 Å². The molecule has 2 unspecified atom stereocenters. The van der Waals surface area contributed by atoms with Gasteiger partial charge in [0.05, 0.1) is 0 Å². The highest BCUT2D eigenvalue weighted by atomic mass is 32.2. The van der Waals surface area contributed by atoms with E-state index in [0.717, 1.165) is 6.04 Å². The second-order valence-corrected chi connectivity index (χ2v) is 6.93. The van der Waals surface area contributed by atoms with E-state index in [1.165, 1.54) is 33.2 Å². The number of nitrogens with one attached hydrogen (secondary N) is 1. The van der Waals surface area contributed by atoms with Gasteiger partial charge in [0.25, 0.3) is 0 Å². The molecule has 0 aliphatic carbocycles. The summed E-state index contributed by atoms with van der Waals surface area (Å²) >= 11 is 3.98. The molecule has 0 bridgehead atoms. The maximum atomic E-state index is 3.74. The predicted molar refractivity (Wildman–Crippen MR) is 71.1 cm³/mol. The van der Waals surface area contributed by atoms with Crippen molar-refractivity contribution in [2.75, 3.05) is 11.5 Å². The lowest BCUT2D eigenvalue weighted by atomic mass is 10.1. The number of thiophene rings is 1. The molecule has 2 heterocycles. The fraction of sp³-hybridized carbons (Fsp3) is 0.667. The SMILES string of the molecule is Cc1cc(C(C)NC2CCSC2)c(C)s1. The molecule has 1 aliphatic rings. The van der Waals surface area contributed by atoms with Crippen LogP contribution in [0.3, 0.4) is 0 Å². The summed E-state index contributed by atoms with van der Waals surface area (Å²) in [5.74, 6) is 2.61. The van der Waals surface area contributed by atoms with Crippen molar-refractivity contribution in [3.63, 3.8) is 0 Å². The summed E-state index contributed by atoms with van der Waals surface area (Å²) in [5.41, 5.74) is 1.49. The Morgan fingerprint density at radius 3 is 2.80 bits per heavy atom. The third kappa shape index (κ3) is 2.77. The van der Waals surface area contributed by atoms with E-state index in [9.17, 15) is 0 Å². The highest BCUT2D eigenvalue weighted by Gasteiger charge is 2.19. The fourth-order valence-corrected chi connectivity index (χ4v) is 4.38. The maximum Gasteiger partial charge on any atom is 0.0305 e. The summed E-state index contributed by atoms with van der Waals surface area (Å²) in [6.07, 6.45) is 1.33. The monoisotopic (exact) mass is 241 g/mol. The van der Waals surface area contributed by atoms with Crippen molar-refractivity contribution in [2.24, 2.45) is 0 Å². The zero-order chi connectivity index (χ0) is 10.8. The molecule has 0 spiro atoms. The van der Waals surface area contributed by atoms with Crippen molar-refractivity contribution in [3.05, 3.63) is 21.4 Å². The highest BCUT2D eigenvalue weighted by molar-refractivity contribution is 7.99. The minimum Gasteiger partial charge on any atom is -0.307 e. The minimum atomic E-state index is 0.513. The highest BCUT2D eigenvalue weighted by Crippen LogP contribution is 2.28. The molecule has 2 rings (SSSR count). The smallest absolute Gasteiger partial charge is 0.0305 e. The number of thioether (sulfide) groups is 1. The molecular weight excluding hydrogens is 222 g/mol. The van der Waals surface area contributed by atoms with Crippen molar-refractivity contribution in [1.82, 2.24) is 5.32 Å². The summed E-state index contributed by atoms with van der Waals surface area (Å²) in [4.78, 5) is 2.90. The molecule has 1 aromatic heterocycles. The standard InChI is InChI=1S/C12H19NS2/c1-8-6-12(10(3)15-8)9(2)13-11-4-5-14-7-11/h6,9,11,13H,4-5,7H2,1-3H3. The van der Waals surface area contributed by atoms with Crippen molar-refractivity contribution in [2.45, 2.75) is 39.3 Å². The van der Waals surface area contributed by atoms with Gasteiger partial charge in [0.2, 0.25) is 0 Å². The first kappa shape index (κ1) is 11.5. The summed E-state index contributed by atoms with van der Waals surface area (Å²) < 4.78 is 0. The number of aryl methyl sites for hydroxylation is 2. The van der Waals surface area contributed by atoms with E-state index in [2.05, 4.69) is 43.9 Å². The third-order valence-corrected chi connectivity index (χ3v) is 5.11. The molecule has 15 heavy (non-hydrogen) atoms. The van der Waals surface area contributed by atoms with Gasteiger partial charge in [0, 0.05) is 27.6 Å². The molecule has 2 atom stereocenters. The van der Waals surface area contributed by atoms with Crippen LogP contribution in [-0.2, 0) is 0 Å². The Bertz CT molecular complexity index is 326. The first-order chi connectivity index (χ1) is 7.16. The largest absolute Gasteiger partial charge is 0.307 e. The van der Waals surface area contributed by atoms with Gasteiger partial charge in [0.1, 0.15) is 0 Å². The molecule has 1 nitrogen and oxygen atoms in total. The summed E-state index contributed by atoms with van der Waals surface area (Å²) in [6.45, 7) is 6.71. The van der Waals surface area contributed by atoms with Crippen LogP contribution in [0, 0.1) is 13.8 Å². The van der Waals surface area contributed by atoms with Gasteiger partial charge in [-0.15, -0.1) is 11.3 Å².